The van der Waals surface area contributed by atoms with Gasteiger partial charge in [-0.15, -0.1) is 11.3 Å². The molecule has 0 fully saturated rings. The predicted molar refractivity (Wildman–Crippen MR) is 103 cm³/mol. The molecule has 0 aliphatic carbocycles. The van der Waals surface area contributed by atoms with Gasteiger partial charge >= 0.3 is 6.18 Å². The zero-order valence-electron chi connectivity index (χ0n) is 15.6. The van der Waals surface area contributed by atoms with Crippen molar-refractivity contribution in [3.05, 3.63) is 69.2 Å². The lowest BCUT2D eigenvalue weighted by molar-refractivity contribution is -0.141. The van der Waals surface area contributed by atoms with Gasteiger partial charge in [0.2, 0.25) is 0 Å². The van der Waals surface area contributed by atoms with E-state index in [4.69, 9.17) is 0 Å². The molecule has 2 N–H and O–H groups in total. The number of anilines is 2. The fourth-order valence-corrected chi connectivity index (χ4v) is 3.14. The van der Waals surface area contributed by atoms with Crippen molar-refractivity contribution in [2.24, 2.45) is 0 Å². The number of thiazole rings is 1. The first-order chi connectivity index (χ1) is 14.0. The maximum absolute atomic E-state index is 14.3. The number of carbonyl (C=O) groups excluding carboxylic acids is 2. The van der Waals surface area contributed by atoms with Gasteiger partial charge < -0.3 is 10.6 Å². The SMILES string of the molecule is Cc1ncc(C(=O)Nc2cc(C(=O)Nc3ccc(C(F)(F)F)nc3)c(F)cc2C)s1. The molecule has 6 nitrogen and oxygen atoms in total. The van der Waals surface area contributed by atoms with E-state index >= 15 is 0 Å². The molecule has 0 atom stereocenters. The van der Waals surface area contributed by atoms with Crippen LogP contribution in [-0.2, 0) is 6.18 Å². The molecule has 0 aliphatic rings. The highest BCUT2D eigenvalue weighted by Gasteiger charge is 2.32. The molecule has 0 unspecified atom stereocenters. The number of nitrogens with one attached hydrogen (secondary N) is 2. The molecule has 0 radical (unpaired) electrons. The molecule has 3 rings (SSSR count). The summed E-state index contributed by atoms with van der Waals surface area (Å²) in [5.41, 5.74) is -0.960. The third-order valence-corrected chi connectivity index (χ3v) is 4.88. The van der Waals surface area contributed by atoms with E-state index in [1.807, 2.05) is 0 Å². The van der Waals surface area contributed by atoms with Crippen LogP contribution in [0.15, 0.2) is 36.7 Å². The summed E-state index contributed by atoms with van der Waals surface area (Å²) in [6.45, 7) is 3.29. The number of pyridine rings is 1. The van der Waals surface area contributed by atoms with Gasteiger partial charge in [0.25, 0.3) is 11.8 Å². The van der Waals surface area contributed by atoms with Crippen molar-refractivity contribution in [1.29, 1.82) is 0 Å². The van der Waals surface area contributed by atoms with E-state index in [9.17, 15) is 27.2 Å². The summed E-state index contributed by atoms with van der Waals surface area (Å²) in [4.78, 5) is 32.3. The number of carbonyl (C=O) groups is 2. The largest absolute Gasteiger partial charge is 0.433 e. The minimum atomic E-state index is -4.62. The number of amides is 2. The third kappa shape index (κ3) is 4.79. The van der Waals surface area contributed by atoms with Gasteiger partial charge in [-0.3, -0.25) is 9.59 Å². The molecule has 156 valence electrons. The Hall–Kier alpha value is -3.34. The summed E-state index contributed by atoms with van der Waals surface area (Å²) < 4.78 is 52.0. The topological polar surface area (TPSA) is 84.0 Å². The minimum absolute atomic E-state index is 0.0429. The standard InChI is InChI=1S/C19H14F4N4O2S/c1-9-5-13(20)12(6-14(9)27-18(29)15-8-24-10(2)30-15)17(28)26-11-3-4-16(25-7-11)19(21,22)23/h3-8H,1-2H3,(H,26,28)(H,27,29). The molecule has 2 aromatic heterocycles. The second-order valence-electron chi connectivity index (χ2n) is 6.23. The highest BCUT2D eigenvalue weighted by atomic mass is 32.1. The van der Waals surface area contributed by atoms with Crippen molar-refractivity contribution < 1.29 is 27.2 Å². The maximum Gasteiger partial charge on any atom is 0.433 e. The van der Waals surface area contributed by atoms with Crippen LogP contribution in [-0.4, -0.2) is 21.8 Å². The summed E-state index contributed by atoms with van der Waals surface area (Å²) in [7, 11) is 0. The predicted octanol–water partition coefficient (Wildman–Crippen LogP) is 4.82. The number of alkyl halides is 3. The lowest BCUT2D eigenvalue weighted by Gasteiger charge is -2.12. The molecular weight excluding hydrogens is 424 g/mol. The molecule has 0 saturated carbocycles. The summed E-state index contributed by atoms with van der Waals surface area (Å²) >= 11 is 1.18. The first kappa shape index (κ1) is 21.4. The molecule has 2 heterocycles. The van der Waals surface area contributed by atoms with Gasteiger partial charge in [-0.1, -0.05) is 0 Å². The van der Waals surface area contributed by atoms with Crippen molar-refractivity contribution in [2.45, 2.75) is 20.0 Å². The lowest BCUT2D eigenvalue weighted by atomic mass is 10.1. The molecule has 11 heteroatoms. The summed E-state index contributed by atoms with van der Waals surface area (Å²) in [5, 5.41) is 5.58. The Morgan fingerprint density at radius 1 is 1.00 bits per heavy atom. The molecule has 0 aliphatic heterocycles. The van der Waals surface area contributed by atoms with Crippen LogP contribution < -0.4 is 10.6 Å². The molecular formula is C19H14F4N4O2S. The van der Waals surface area contributed by atoms with E-state index in [-0.39, 0.29) is 11.4 Å². The van der Waals surface area contributed by atoms with Crippen molar-refractivity contribution in [3.8, 4) is 0 Å². The normalized spacial score (nSPS) is 11.3. The van der Waals surface area contributed by atoms with Gasteiger partial charge in [0.15, 0.2) is 0 Å². The van der Waals surface area contributed by atoms with Crippen LogP contribution in [0.25, 0.3) is 0 Å². The van der Waals surface area contributed by atoms with Crippen LogP contribution in [0.3, 0.4) is 0 Å². The van der Waals surface area contributed by atoms with Crippen molar-refractivity contribution in [1.82, 2.24) is 9.97 Å². The first-order valence-corrected chi connectivity index (χ1v) is 9.25. The summed E-state index contributed by atoms with van der Waals surface area (Å²) in [5.74, 6) is -2.22. The van der Waals surface area contributed by atoms with Crippen LogP contribution >= 0.6 is 11.3 Å². The van der Waals surface area contributed by atoms with E-state index in [2.05, 4.69) is 20.6 Å². The fourth-order valence-electron chi connectivity index (χ4n) is 2.47. The molecule has 3 aromatic rings. The number of rotatable bonds is 4. The number of hydrogen-bond donors (Lipinski definition) is 2. The Morgan fingerprint density at radius 2 is 1.73 bits per heavy atom. The maximum atomic E-state index is 14.3. The second-order valence-corrected chi connectivity index (χ2v) is 7.46. The third-order valence-electron chi connectivity index (χ3n) is 3.96. The van der Waals surface area contributed by atoms with E-state index in [1.54, 1.807) is 13.8 Å². The van der Waals surface area contributed by atoms with Gasteiger partial charge in [0, 0.05) is 5.69 Å². The Morgan fingerprint density at radius 3 is 2.30 bits per heavy atom. The summed E-state index contributed by atoms with van der Waals surface area (Å²) in [6.07, 6.45) is -2.39. The number of aromatic nitrogens is 2. The minimum Gasteiger partial charge on any atom is -0.321 e. The van der Waals surface area contributed by atoms with E-state index in [1.165, 1.54) is 17.5 Å². The number of benzene rings is 1. The van der Waals surface area contributed by atoms with Crippen molar-refractivity contribution >= 4 is 34.5 Å². The highest BCUT2D eigenvalue weighted by Crippen LogP contribution is 2.28. The molecule has 0 saturated heterocycles. The Kier molecular flexibility index (Phi) is 5.83. The summed E-state index contributed by atoms with van der Waals surface area (Å²) in [6, 6.07) is 3.94. The van der Waals surface area contributed by atoms with Crippen LogP contribution in [0, 0.1) is 19.7 Å². The van der Waals surface area contributed by atoms with Crippen LogP contribution in [0.5, 0.6) is 0 Å². The average molecular weight is 438 g/mol. The van der Waals surface area contributed by atoms with E-state index < -0.39 is 35.1 Å². The lowest BCUT2D eigenvalue weighted by Crippen LogP contribution is -2.17. The number of halogens is 4. The van der Waals surface area contributed by atoms with E-state index in [0.717, 1.165) is 24.4 Å². The molecule has 0 bridgehead atoms. The smallest absolute Gasteiger partial charge is 0.321 e. The van der Waals surface area contributed by atoms with Gasteiger partial charge in [-0.25, -0.2) is 14.4 Å². The van der Waals surface area contributed by atoms with E-state index in [0.29, 0.717) is 21.5 Å². The molecule has 1 aromatic carbocycles. The Labute approximate surface area is 172 Å². The first-order valence-electron chi connectivity index (χ1n) is 8.43. The second kappa shape index (κ2) is 8.19. The Balaban J connectivity index is 1.80. The number of nitrogens with zero attached hydrogens (tertiary/aromatic N) is 2. The van der Waals surface area contributed by atoms with Gasteiger partial charge in [0.05, 0.1) is 28.7 Å². The van der Waals surface area contributed by atoms with Crippen molar-refractivity contribution in [3.63, 3.8) is 0 Å². The fraction of sp³-hybridized carbons (Fsp3) is 0.158. The quantitative estimate of drug-likeness (QED) is 0.573. The van der Waals surface area contributed by atoms with Gasteiger partial charge in [0.1, 0.15) is 16.4 Å². The van der Waals surface area contributed by atoms with Crippen LogP contribution in [0.2, 0.25) is 0 Å². The van der Waals surface area contributed by atoms with Crippen LogP contribution in [0.4, 0.5) is 28.9 Å². The zero-order chi connectivity index (χ0) is 22.1. The van der Waals surface area contributed by atoms with Gasteiger partial charge in [-0.05, 0) is 43.7 Å². The number of aryl methyl sites for hydroxylation is 2. The molecule has 0 spiro atoms. The molecule has 2 amide bonds. The van der Waals surface area contributed by atoms with Gasteiger partial charge in [-0.2, -0.15) is 13.2 Å². The zero-order valence-corrected chi connectivity index (χ0v) is 16.4. The van der Waals surface area contributed by atoms with Crippen LogP contribution in [0.1, 0.15) is 36.3 Å². The Bertz CT molecular complexity index is 1110. The highest BCUT2D eigenvalue weighted by molar-refractivity contribution is 7.13. The molecule has 30 heavy (non-hydrogen) atoms. The monoisotopic (exact) mass is 438 g/mol. The average Bonchev–Trinajstić information content (AvgIpc) is 3.10. The number of hydrogen-bond acceptors (Lipinski definition) is 5. The van der Waals surface area contributed by atoms with Crippen molar-refractivity contribution in [2.75, 3.05) is 10.6 Å².